The van der Waals surface area contributed by atoms with E-state index in [1.165, 1.54) is 18.4 Å². The van der Waals surface area contributed by atoms with Gasteiger partial charge in [-0.2, -0.15) is 5.26 Å². The Bertz CT molecular complexity index is 863. The van der Waals surface area contributed by atoms with Crippen LogP contribution in [0.15, 0.2) is 42.6 Å². The van der Waals surface area contributed by atoms with Crippen LogP contribution in [0.1, 0.15) is 55.6 Å². The number of amides is 2. The number of carbonyl (C=O) groups is 1. The monoisotopic (exact) mass is 376 g/mol. The zero-order valence-electron chi connectivity index (χ0n) is 15.7. The van der Waals surface area contributed by atoms with E-state index in [0.717, 1.165) is 37.3 Å². The van der Waals surface area contributed by atoms with Crippen molar-refractivity contribution in [1.82, 2.24) is 10.3 Å². The number of anilines is 1. The molecule has 2 aromatic rings. The van der Waals surface area contributed by atoms with Crippen LogP contribution < -0.4 is 15.4 Å². The number of hydrogen-bond donors (Lipinski definition) is 2. The van der Waals surface area contributed by atoms with Crippen LogP contribution in [0.2, 0.25) is 0 Å². The predicted molar refractivity (Wildman–Crippen MR) is 106 cm³/mol. The molecule has 2 saturated carbocycles. The maximum atomic E-state index is 12.3. The third-order valence-corrected chi connectivity index (χ3v) is 5.40. The Labute approximate surface area is 164 Å². The average molecular weight is 376 g/mol. The number of urea groups is 1. The maximum Gasteiger partial charge on any atom is 0.319 e. The van der Waals surface area contributed by atoms with E-state index in [9.17, 15) is 4.79 Å². The molecular formula is C22H24N4O2. The molecule has 2 aliphatic rings. The van der Waals surface area contributed by atoms with Gasteiger partial charge in [-0.05, 0) is 74.3 Å². The molecule has 28 heavy (non-hydrogen) atoms. The molecule has 2 aliphatic carbocycles. The minimum atomic E-state index is -0.167. The number of nitriles is 1. The van der Waals surface area contributed by atoms with Crippen molar-refractivity contribution in [3.8, 4) is 11.9 Å². The number of benzene rings is 1. The lowest BCUT2D eigenvalue weighted by molar-refractivity contribution is 0.135. The second-order valence-electron chi connectivity index (χ2n) is 7.55. The molecule has 0 atom stereocenters. The van der Waals surface area contributed by atoms with E-state index in [1.54, 1.807) is 18.3 Å². The van der Waals surface area contributed by atoms with Crippen molar-refractivity contribution in [2.45, 2.75) is 56.6 Å². The van der Waals surface area contributed by atoms with E-state index < -0.39 is 0 Å². The second kappa shape index (κ2) is 8.30. The molecule has 1 aromatic heterocycles. The van der Waals surface area contributed by atoms with E-state index >= 15 is 0 Å². The van der Waals surface area contributed by atoms with Crippen LogP contribution in [0.3, 0.4) is 0 Å². The van der Waals surface area contributed by atoms with Crippen LogP contribution in [-0.4, -0.2) is 23.2 Å². The summed E-state index contributed by atoms with van der Waals surface area (Å²) in [7, 11) is 0. The topological polar surface area (TPSA) is 87.0 Å². The van der Waals surface area contributed by atoms with Crippen LogP contribution in [-0.2, 0) is 0 Å². The molecule has 6 heteroatoms. The number of pyridine rings is 1. The smallest absolute Gasteiger partial charge is 0.319 e. The first kappa shape index (κ1) is 18.3. The highest BCUT2D eigenvalue weighted by atomic mass is 16.5. The first-order valence-corrected chi connectivity index (χ1v) is 9.90. The molecule has 0 bridgehead atoms. The first-order chi connectivity index (χ1) is 13.7. The number of aromatic nitrogens is 1. The summed E-state index contributed by atoms with van der Waals surface area (Å²) in [5.41, 5.74) is 2.63. The number of nitrogens with one attached hydrogen (secondary N) is 2. The molecule has 2 fully saturated rings. The zero-order valence-corrected chi connectivity index (χ0v) is 15.7. The molecule has 0 unspecified atom stereocenters. The number of nitrogens with zero attached hydrogens (tertiary/aromatic N) is 2. The molecule has 0 saturated heterocycles. The minimum Gasteiger partial charge on any atom is -0.473 e. The zero-order chi connectivity index (χ0) is 19.3. The standard InChI is InChI=1S/C22H24N4O2/c23-14-17-2-1-13-24-21(17)28-20-11-9-19(10-12-20)26-22(27)25-18-7-5-16(6-8-18)15-3-4-15/h1-2,5-8,13,15,19-20H,3-4,9-12H2,(H2,25,26,27). The summed E-state index contributed by atoms with van der Waals surface area (Å²) < 4.78 is 5.90. The third kappa shape index (κ3) is 4.61. The lowest BCUT2D eigenvalue weighted by Gasteiger charge is -2.29. The highest BCUT2D eigenvalue weighted by Gasteiger charge is 2.25. The van der Waals surface area contributed by atoms with Crippen LogP contribution in [0, 0.1) is 11.3 Å². The van der Waals surface area contributed by atoms with Crippen molar-refractivity contribution in [1.29, 1.82) is 5.26 Å². The SMILES string of the molecule is N#Cc1cccnc1OC1CCC(NC(=O)Nc2ccc(C3CC3)cc2)CC1. The first-order valence-electron chi connectivity index (χ1n) is 9.90. The van der Waals surface area contributed by atoms with Crippen LogP contribution in [0.25, 0.3) is 0 Å². The van der Waals surface area contributed by atoms with E-state index in [-0.39, 0.29) is 18.2 Å². The van der Waals surface area contributed by atoms with Crippen molar-refractivity contribution in [2.24, 2.45) is 0 Å². The fourth-order valence-electron chi connectivity index (χ4n) is 3.66. The molecule has 6 nitrogen and oxygen atoms in total. The Kier molecular flexibility index (Phi) is 5.43. The molecule has 1 aromatic carbocycles. The Morgan fingerprint density at radius 2 is 1.82 bits per heavy atom. The van der Waals surface area contributed by atoms with Gasteiger partial charge in [0.2, 0.25) is 5.88 Å². The number of hydrogen-bond acceptors (Lipinski definition) is 4. The third-order valence-electron chi connectivity index (χ3n) is 5.40. The summed E-state index contributed by atoms with van der Waals surface area (Å²) in [6.45, 7) is 0. The van der Waals surface area contributed by atoms with Gasteiger partial charge in [0, 0.05) is 17.9 Å². The Balaban J connectivity index is 1.22. The molecule has 0 spiro atoms. The summed E-state index contributed by atoms with van der Waals surface area (Å²) in [5, 5.41) is 15.1. The van der Waals surface area contributed by atoms with Gasteiger partial charge in [0.05, 0.1) is 0 Å². The molecule has 2 N–H and O–H groups in total. The van der Waals surface area contributed by atoms with Crippen molar-refractivity contribution in [3.05, 3.63) is 53.7 Å². The van der Waals surface area contributed by atoms with Crippen LogP contribution in [0.5, 0.6) is 5.88 Å². The van der Waals surface area contributed by atoms with Gasteiger partial charge in [0.25, 0.3) is 0 Å². The highest BCUT2D eigenvalue weighted by molar-refractivity contribution is 5.89. The number of rotatable bonds is 5. The average Bonchev–Trinajstić information content (AvgIpc) is 3.56. The molecule has 2 amide bonds. The molecule has 0 aliphatic heterocycles. The Morgan fingerprint density at radius 3 is 2.50 bits per heavy atom. The molecule has 144 valence electrons. The molecule has 4 rings (SSSR count). The van der Waals surface area contributed by atoms with Crippen LogP contribution in [0.4, 0.5) is 10.5 Å². The summed E-state index contributed by atoms with van der Waals surface area (Å²) in [6.07, 6.45) is 7.53. The fraction of sp³-hybridized carbons (Fsp3) is 0.409. The molecule has 0 radical (unpaired) electrons. The van der Waals surface area contributed by atoms with Crippen molar-refractivity contribution >= 4 is 11.7 Å². The quantitative estimate of drug-likeness (QED) is 0.812. The number of ether oxygens (including phenoxy) is 1. The number of carbonyl (C=O) groups excluding carboxylic acids is 1. The van der Waals surface area contributed by atoms with Gasteiger partial charge in [-0.15, -0.1) is 0 Å². The minimum absolute atomic E-state index is 0.0260. The van der Waals surface area contributed by atoms with Crippen LogP contribution >= 0.6 is 0 Å². The summed E-state index contributed by atoms with van der Waals surface area (Å²) in [5.74, 6) is 1.12. The van der Waals surface area contributed by atoms with Crippen molar-refractivity contribution < 1.29 is 9.53 Å². The maximum absolute atomic E-state index is 12.3. The normalized spacial score (nSPS) is 21.4. The lowest BCUT2D eigenvalue weighted by Crippen LogP contribution is -2.41. The molecular weight excluding hydrogens is 352 g/mol. The van der Waals surface area contributed by atoms with E-state index in [2.05, 4.69) is 33.8 Å². The van der Waals surface area contributed by atoms with Gasteiger partial charge in [-0.25, -0.2) is 9.78 Å². The summed E-state index contributed by atoms with van der Waals surface area (Å²) in [6, 6.07) is 13.6. The molecule has 1 heterocycles. The van der Waals surface area contributed by atoms with E-state index in [4.69, 9.17) is 10.00 Å². The lowest BCUT2D eigenvalue weighted by atomic mass is 9.93. The fourth-order valence-corrected chi connectivity index (χ4v) is 3.66. The van der Waals surface area contributed by atoms with Crippen molar-refractivity contribution in [3.63, 3.8) is 0 Å². The van der Waals surface area contributed by atoms with E-state index in [1.807, 2.05) is 12.1 Å². The van der Waals surface area contributed by atoms with Gasteiger partial charge in [0.15, 0.2) is 0 Å². The predicted octanol–water partition coefficient (Wildman–Crippen LogP) is 4.34. The summed E-state index contributed by atoms with van der Waals surface area (Å²) >= 11 is 0. The van der Waals surface area contributed by atoms with Gasteiger partial charge in [-0.1, -0.05) is 12.1 Å². The van der Waals surface area contributed by atoms with Gasteiger partial charge >= 0.3 is 6.03 Å². The van der Waals surface area contributed by atoms with Crippen molar-refractivity contribution in [2.75, 3.05) is 5.32 Å². The highest BCUT2D eigenvalue weighted by Crippen LogP contribution is 2.40. The van der Waals surface area contributed by atoms with Gasteiger partial charge in [0.1, 0.15) is 17.7 Å². The van der Waals surface area contributed by atoms with E-state index in [0.29, 0.717) is 11.4 Å². The largest absolute Gasteiger partial charge is 0.473 e. The Morgan fingerprint density at radius 1 is 1.07 bits per heavy atom. The Hall–Kier alpha value is -3.07. The summed E-state index contributed by atoms with van der Waals surface area (Å²) in [4.78, 5) is 16.4. The second-order valence-corrected chi connectivity index (χ2v) is 7.55. The van der Waals surface area contributed by atoms with Gasteiger partial charge in [-0.3, -0.25) is 0 Å². The van der Waals surface area contributed by atoms with Gasteiger partial charge < -0.3 is 15.4 Å².